The summed E-state index contributed by atoms with van der Waals surface area (Å²) in [4.78, 5) is 30.9. The zero-order chi connectivity index (χ0) is 27.9. The van der Waals surface area contributed by atoms with Crippen molar-refractivity contribution in [2.75, 3.05) is 14.1 Å². The van der Waals surface area contributed by atoms with E-state index in [1.54, 1.807) is 38.5 Å². The maximum absolute atomic E-state index is 13.2. The first kappa shape index (κ1) is 25.8. The highest BCUT2D eigenvalue weighted by atomic mass is 19.4. The summed E-state index contributed by atoms with van der Waals surface area (Å²) >= 11 is 0. The Morgan fingerprint density at radius 2 is 1.72 bits per heavy atom. The van der Waals surface area contributed by atoms with Crippen LogP contribution in [-0.4, -0.2) is 49.3 Å². The van der Waals surface area contributed by atoms with Gasteiger partial charge in [-0.1, -0.05) is 48.0 Å². The fourth-order valence-corrected chi connectivity index (χ4v) is 4.22. The van der Waals surface area contributed by atoms with Crippen molar-refractivity contribution in [1.29, 1.82) is 0 Å². The zero-order valence-corrected chi connectivity index (χ0v) is 21.3. The summed E-state index contributed by atoms with van der Waals surface area (Å²) in [6.07, 6.45) is -1.92. The smallest absolute Gasteiger partial charge is 0.345 e. The van der Waals surface area contributed by atoms with Crippen LogP contribution in [0.15, 0.2) is 77.9 Å². The van der Waals surface area contributed by atoms with Crippen molar-refractivity contribution in [2.45, 2.75) is 19.6 Å². The number of benzene rings is 2. The maximum Gasteiger partial charge on any atom is 0.433 e. The molecule has 0 aliphatic carbocycles. The number of carbonyl (C=O) groups is 1. The summed E-state index contributed by atoms with van der Waals surface area (Å²) in [6, 6.07) is 16.9. The van der Waals surface area contributed by atoms with Gasteiger partial charge in [0.15, 0.2) is 5.65 Å². The Balaban J connectivity index is 1.68. The number of amides is 1. The number of halogens is 3. The fourth-order valence-electron chi connectivity index (χ4n) is 4.22. The van der Waals surface area contributed by atoms with Crippen LogP contribution in [0.25, 0.3) is 27.9 Å². The number of aryl methyl sites for hydroxylation is 1. The van der Waals surface area contributed by atoms with E-state index in [-0.39, 0.29) is 18.1 Å². The molecule has 0 unspecified atom stereocenters. The predicted octanol–water partition coefficient (Wildman–Crippen LogP) is 4.70. The predicted molar refractivity (Wildman–Crippen MR) is 139 cm³/mol. The molecule has 0 N–H and O–H groups in total. The number of alkyl halides is 3. The minimum absolute atomic E-state index is 0.105. The average Bonchev–Trinajstić information content (AvgIpc) is 3.22. The van der Waals surface area contributed by atoms with Crippen LogP contribution in [0, 0.1) is 6.92 Å². The molecule has 8 nitrogen and oxygen atoms in total. The molecule has 5 aromatic rings. The van der Waals surface area contributed by atoms with Crippen molar-refractivity contribution >= 4 is 11.6 Å². The number of carbonyl (C=O) groups excluding carboxylic acids is 1. The van der Waals surface area contributed by atoms with E-state index in [1.165, 1.54) is 11.0 Å². The summed E-state index contributed by atoms with van der Waals surface area (Å²) in [5, 5.41) is 8.87. The highest BCUT2D eigenvalue weighted by molar-refractivity contribution is 5.97. The highest BCUT2D eigenvalue weighted by Gasteiger charge is 2.32. The van der Waals surface area contributed by atoms with Crippen LogP contribution in [0.3, 0.4) is 0 Å². The molecule has 3 heterocycles. The van der Waals surface area contributed by atoms with Crippen molar-refractivity contribution in [3.05, 3.63) is 106 Å². The van der Waals surface area contributed by atoms with Crippen LogP contribution in [0.5, 0.6) is 0 Å². The quantitative estimate of drug-likeness (QED) is 0.328. The van der Waals surface area contributed by atoms with Gasteiger partial charge in [-0.3, -0.25) is 9.78 Å². The van der Waals surface area contributed by atoms with E-state index in [9.17, 15) is 22.8 Å². The molecule has 0 fully saturated rings. The van der Waals surface area contributed by atoms with Crippen LogP contribution < -0.4 is 5.69 Å². The van der Waals surface area contributed by atoms with Crippen molar-refractivity contribution in [3.63, 3.8) is 0 Å². The molecule has 5 rings (SSSR count). The van der Waals surface area contributed by atoms with Gasteiger partial charge in [0.25, 0.3) is 5.91 Å². The highest BCUT2D eigenvalue weighted by Crippen LogP contribution is 2.34. The Hall–Kier alpha value is -4.80. The molecule has 198 valence electrons. The van der Waals surface area contributed by atoms with Gasteiger partial charge in [-0.2, -0.15) is 22.8 Å². The van der Waals surface area contributed by atoms with Crippen LogP contribution in [-0.2, 0) is 12.7 Å². The molecule has 0 bridgehead atoms. The van der Waals surface area contributed by atoms with E-state index in [0.717, 1.165) is 32.6 Å². The van der Waals surface area contributed by atoms with E-state index in [2.05, 4.69) is 15.2 Å². The second-order valence-electron chi connectivity index (χ2n) is 9.30. The van der Waals surface area contributed by atoms with Gasteiger partial charge >= 0.3 is 11.9 Å². The molecule has 0 radical (unpaired) electrons. The van der Waals surface area contributed by atoms with Gasteiger partial charge in [-0.15, -0.1) is 5.10 Å². The lowest BCUT2D eigenvalue weighted by Gasteiger charge is -2.14. The van der Waals surface area contributed by atoms with Gasteiger partial charge in [0.05, 0.1) is 12.7 Å². The van der Waals surface area contributed by atoms with Crippen LogP contribution in [0.4, 0.5) is 13.2 Å². The van der Waals surface area contributed by atoms with E-state index in [4.69, 9.17) is 0 Å². The van der Waals surface area contributed by atoms with Crippen LogP contribution in [0.2, 0.25) is 0 Å². The summed E-state index contributed by atoms with van der Waals surface area (Å²) < 4.78 is 41.0. The van der Waals surface area contributed by atoms with E-state index in [0.29, 0.717) is 27.8 Å². The van der Waals surface area contributed by atoms with E-state index in [1.807, 2.05) is 37.3 Å². The number of hydrogen-bond acceptors (Lipinski definition) is 5. The molecule has 0 spiro atoms. The second kappa shape index (κ2) is 9.82. The molecule has 2 aromatic carbocycles. The first-order valence-corrected chi connectivity index (χ1v) is 11.9. The molecule has 0 saturated heterocycles. The Morgan fingerprint density at radius 1 is 0.974 bits per heavy atom. The van der Waals surface area contributed by atoms with Gasteiger partial charge in [0.1, 0.15) is 5.69 Å². The Labute approximate surface area is 221 Å². The van der Waals surface area contributed by atoms with E-state index < -0.39 is 17.6 Å². The Bertz CT molecular complexity index is 1740. The van der Waals surface area contributed by atoms with Gasteiger partial charge in [0, 0.05) is 37.0 Å². The van der Waals surface area contributed by atoms with Crippen molar-refractivity contribution in [3.8, 4) is 22.3 Å². The lowest BCUT2D eigenvalue weighted by molar-refractivity contribution is -0.141. The van der Waals surface area contributed by atoms with Gasteiger partial charge in [-0.25, -0.2) is 9.48 Å². The number of nitrogens with zero attached hydrogens (tertiary/aromatic N) is 6. The van der Waals surface area contributed by atoms with Gasteiger partial charge in [-0.05, 0) is 41.8 Å². The van der Waals surface area contributed by atoms with Crippen molar-refractivity contribution < 1.29 is 18.0 Å². The van der Waals surface area contributed by atoms with E-state index >= 15 is 0 Å². The Kier molecular flexibility index (Phi) is 6.51. The molecular formula is C28H23F3N6O2. The number of pyridine rings is 1. The van der Waals surface area contributed by atoms with Gasteiger partial charge in [0.2, 0.25) is 0 Å². The molecule has 0 saturated carbocycles. The van der Waals surface area contributed by atoms with Crippen LogP contribution in [0.1, 0.15) is 27.2 Å². The first-order valence-electron chi connectivity index (χ1n) is 11.9. The molecule has 0 aliphatic rings. The minimum Gasteiger partial charge on any atom is -0.345 e. The molecule has 0 aliphatic heterocycles. The molecule has 0 atom stereocenters. The lowest BCUT2D eigenvalue weighted by atomic mass is 9.95. The van der Waals surface area contributed by atoms with Crippen molar-refractivity contribution in [1.82, 2.24) is 29.3 Å². The average molecular weight is 533 g/mol. The first-order chi connectivity index (χ1) is 18.5. The number of hydrogen-bond donors (Lipinski definition) is 0. The fraction of sp³-hybridized carbons (Fsp3) is 0.179. The summed E-state index contributed by atoms with van der Waals surface area (Å²) in [5.41, 5.74) is 3.32. The summed E-state index contributed by atoms with van der Waals surface area (Å²) in [7, 11) is 3.32. The molecular weight excluding hydrogens is 509 g/mol. The van der Waals surface area contributed by atoms with Gasteiger partial charge < -0.3 is 4.90 Å². The van der Waals surface area contributed by atoms with Crippen LogP contribution >= 0.6 is 0 Å². The largest absolute Gasteiger partial charge is 0.433 e. The summed E-state index contributed by atoms with van der Waals surface area (Å²) in [6.45, 7) is 1.87. The lowest BCUT2D eigenvalue weighted by Crippen LogP contribution is -2.23. The molecule has 11 heteroatoms. The third-order valence-corrected chi connectivity index (χ3v) is 6.23. The number of fused-ring (bicyclic) bond motifs is 1. The minimum atomic E-state index is -4.56. The number of rotatable bonds is 5. The summed E-state index contributed by atoms with van der Waals surface area (Å²) in [5.74, 6) is -0.184. The standard InChI is InChI=1S/C28H23F3N6O2/c1-17-7-10-19(11-8-17)22-15-33-37-25(24(22)20-5-4-6-21(13-20)26(38)35(2)3)34-36(27(37)39)16-18-9-12-23(32-14-18)28(29,30)31/h4-15H,16H2,1-3H3. The number of aromatic nitrogens is 5. The monoisotopic (exact) mass is 532 g/mol. The molecule has 39 heavy (non-hydrogen) atoms. The zero-order valence-electron chi connectivity index (χ0n) is 21.3. The third kappa shape index (κ3) is 5.02. The SMILES string of the molecule is Cc1ccc(-c2cnn3c(=O)n(Cc4ccc(C(F)(F)F)nc4)nc3c2-c2cccc(C(=O)N(C)C)c2)cc1. The molecule has 1 amide bonds. The third-order valence-electron chi connectivity index (χ3n) is 6.23. The second-order valence-corrected chi connectivity index (χ2v) is 9.30. The topological polar surface area (TPSA) is 85.4 Å². The van der Waals surface area contributed by atoms with Crippen molar-refractivity contribution in [2.24, 2.45) is 0 Å². The molecule has 3 aromatic heterocycles. The maximum atomic E-state index is 13.2. The normalized spacial score (nSPS) is 11.6. The Morgan fingerprint density at radius 3 is 2.36 bits per heavy atom.